The zero-order chi connectivity index (χ0) is 12.3. The van der Waals surface area contributed by atoms with Gasteiger partial charge < -0.3 is 11.5 Å². The molecule has 0 saturated heterocycles. The average molecular weight is 246 g/mol. The van der Waals surface area contributed by atoms with Crippen LogP contribution in [0, 0.1) is 0 Å². The Kier molecular flexibility index (Phi) is 3.41. The smallest absolute Gasteiger partial charge is 0.191 e. The van der Waals surface area contributed by atoms with E-state index in [1.54, 1.807) is 12.3 Å². The molecule has 1 aromatic carbocycles. The maximum absolute atomic E-state index is 6.02. The van der Waals surface area contributed by atoms with Gasteiger partial charge in [-0.2, -0.15) is 0 Å². The molecule has 1 atom stereocenters. The molecule has 0 saturated carbocycles. The standard InChI is InChI=1S/C12H14N4S/c1-2-11(14)16(12-15-6-7-17-12)10-5-3-4-9(13)8-10/h2-8,11H,1,13-14H2. The van der Waals surface area contributed by atoms with E-state index in [2.05, 4.69) is 11.6 Å². The third kappa shape index (κ3) is 2.46. The summed E-state index contributed by atoms with van der Waals surface area (Å²) < 4.78 is 0. The number of nitrogens with two attached hydrogens (primary N) is 2. The number of hydrogen-bond acceptors (Lipinski definition) is 5. The largest absolute Gasteiger partial charge is 0.399 e. The zero-order valence-electron chi connectivity index (χ0n) is 9.28. The summed E-state index contributed by atoms with van der Waals surface area (Å²) in [5.74, 6) is 0. The van der Waals surface area contributed by atoms with Crippen molar-refractivity contribution >= 4 is 27.8 Å². The van der Waals surface area contributed by atoms with Gasteiger partial charge in [0.15, 0.2) is 5.13 Å². The molecule has 0 bridgehead atoms. The molecule has 5 heteroatoms. The number of anilines is 3. The van der Waals surface area contributed by atoms with E-state index >= 15 is 0 Å². The van der Waals surface area contributed by atoms with E-state index in [1.165, 1.54) is 11.3 Å². The van der Waals surface area contributed by atoms with Crippen molar-refractivity contribution in [2.24, 2.45) is 5.73 Å². The summed E-state index contributed by atoms with van der Waals surface area (Å²) in [6.45, 7) is 3.72. The van der Waals surface area contributed by atoms with Gasteiger partial charge in [-0.05, 0) is 18.2 Å². The molecule has 2 rings (SSSR count). The molecular formula is C12H14N4S. The average Bonchev–Trinajstić information content (AvgIpc) is 2.83. The van der Waals surface area contributed by atoms with Crippen molar-refractivity contribution in [2.45, 2.75) is 6.17 Å². The Morgan fingerprint density at radius 3 is 2.88 bits per heavy atom. The van der Waals surface area contributed by atoms with Crippen molar-refractivity contribution in [3.63, 3.8) is 0 Å². The van der Waals surface area contributed by atoms with E-state index in [9.17, 15) is 0 Å². The van der Waals surface area contributed by atoms with Crippen LogP contribution in [0.1, 0.15) is 0 Å². The lowest BCUT2D eigenvalue weighted by atomic mass is 10.2. The van der Waals surface area contributed by atoms with Crippen molar-refractivity contribution in [1.82, 2.24) is 4.98 Å². The number of nitrogen functional groups attached to an aromatic ring is 1. The quantitative estimate of drug-likeness (QED) is 0.493. The predicted octanol–water partition coefficient (Wildman–Crippen LogP) is 2.33. The number of hydrogen-bond donors (Lipinski definition) is 2. The molecule has 1 unspecified atom stereocenters. The Morgan fingerprint density at radius 1 is 1.47 bits per heavy atom. The zero-order valence-corrected chi connectivity index (χ0v) is 10.1. The van der Waals surface area contributed by atoms with Crippen molar-refractivity contribution in [3.8, 4) is 0 Å². The van der Waals surface area contributed by atoms with E-state index in [-0.39, 0.29) is 6.17 Å². The fraction of sp³-hybridized carbons (Fsp3) is 0.0833. The van der Waals surface area contributed by atoms with Crippen LogP contribution in [0.25, 0.3) is 0 Å². The van der Waals surface area contributed by atoms with Gasteiger partial charge in [0.2, 0.25) is 0 Å². The van der Waals surface area contributed by atoms with E-state index in [4.69, 9.17) is 11.5 Å². The van der Waals surface area contributed by atoms with Gasteiger partial charge in [-0.25, -0.2) is 4.98 Å². The van der Waals surface area contributed by atoms with Gasteiger partial charge >= 0.3 is 0 Å². The second-order valence-electron chi connectivity index (χ2n) is 3.51. The highest BCUT2D eigenvalue weighted by molar-refractivity contribution is 7.13. The van der Waals surface area contributed by atoms with Gasteiger partial charge in [-0.15, -0.1) is 11.3 Å². The topological polar surface area (TPSA) is 68.2 Å². The van der Waals surface area contributed by atoms with Gasteiger partial charge in [-0.3, -0.25) is 4.90 Å². The first kappa shape index (κ1) is 11.6. The number of thiazole rings is 1. The summed E-state index contributed by atoms with van der Waals surface area (Å²) in [6.07, 6.45) is 3.09. The third-order valence-corrected chi connectivity index (χ3v) is 3.08. The summed E-state index contributed by atoms with van der Waals surface area (Å²) in [6, 6.07) is 7.54. The van der Waals surface area contributed by atoms with Crippen LogP contribution in [0.4, 0.5) is 16.5 Å². The molecule has 0 radical (unpaired) electrons. The van der Waals surface area contributed by atoms with Crippen molar-refractivity contribution in [2.75, 3.05) is 10.6 Å². The summed E-state index contributed by atoms with van der Waals surface area (Å²) in [5, 5.41) is 2.73. The van der Waals surface area contributed by atoms with Crippen LogP contribution in [0.5, 0.6) is 0 Å². The maximum Gasteiger partial charge on any atom is 0.191 e. The van der Waals surface area contributed by atoms with Crippen LogP contribution < -0.4 is 16.4 Å². The predicted molar refractivity (Wildman–Crippen MR) is 73.3 cm³/mol. The molecule has 1 heterocycles. The van der Waals surface area contributed by atoms with Gasteiger partial charge in [-0.1, -0.05) is 18.7 Å². The fourth-order valence-electron chi connectivity index (χ4n) is 1.53. The number of benzene rings is 1. The lowest BCUT2D eigenvalue weighted by molar-refractivity contribution is 0.822. The van der Waals surface area contributed by atoms with Gasteiger partial charge in [0.25, 0.3) is 0 Å². The van der Waals surface area contributed by atoms with Crippen molar-refractivity contribution in [1.29, 1.82) is 0 Å². The van der Waals surface area contributed by atoms with Gasteiger partial charge in [0.05, 0.1) is 0 Å². The highest BCUT2D eigenvalue weighted by atomic mass is 32.1. The molecule has 17 heavy (non-hydrogen) atoms. The molecule has 0 spiro atoms. The second-order valence-corrected chi connectivity index (χ2v) is 4.38. The van der Waals surface area contributed by atoms with E-state index < -0.39 is 0 Å². The molecule has 1 aromatic heterocycles. The lowest BCUT2D eigenvalue weighted by Crippen LogP contribution is -2.36. The summed E-state index contributed by atoms with van der Waals surface area (Å²) in [5.41, 5.74) is 13.4. The van der Waals surface area contributed by atoms with Crippen LogP contribution in [-0.4, -0.2) is 11.1 Å². The Hall–Kier alpha value is -1.85. The summed E-state index contributed by atoms with van der Waals surface area (Å²) in [4.78, 5) is 6.16. The number of nitrogens with zero attached hydrogens (tertiary/aromatic N) is 2. The molecule has 4 nitrogen and oxygen atoms in total. The van der Waals surface area contributed by atoms with Crippen LogP contribution >= 0.6 is 11.3 Å². The summed E-state index contributed by atoms with van der Waals surface area (Å²) in [7, 11) is 0. The first-order chi connectivity index (χ1) is 8.22. The maximum atomic E-state index is 6.02. The minimum atomic E-state index is -0.331. The van der Waals surface area contributed by atoms with Crippen LogP contribution in [0.2, 0.25) is 0 Å². The SMILES string of the molecule is C=CC(N)N(c1cccc(N)c1)c1nccs1. The van der Waals surface area contributed by atoms with E-state index in [0.29, 0.717) is 5.69 Å². The highest BCUT2D eigenvalue weighted by Gasteiger charge is 2.16. The van der Waals surface area contributed by atoms with Crippen LogP contribution in [0.15, 0.2) is 48.5 Å². The normalized spacial score (nSPS) is 12.1. The van der Waals surface area contributed by atoms with Crippen molar-refractivity contribution < 1.29 is 0 Å². The van der Waals surface area contributed by atoms with Crippen LogP contribution in [0.3, 0.4) is 0 Å². The molecule has 0 fully saturated rings. The third-order valence-electron chi connectivity index (χ3n) is 2.31. The molecule has 88 valence electrons. The number of aromatic nitrogens is 1. The minimum absolute atomic E-state index is 0.331. The Bertz CT molecular complexity index is 495. The lowest BCUT2D eigenvalue weighted by Gasteiger charge is -2.26. The van der Waals surface area contributed by atoms with E-state index in [1.807, 2.05) is 34.5 Å². The monoisotopic (exact) mass is 246 g/mol. The highest BCUT2D eigenvalue weighted by Crippen LogP contribution is 2.29. The Balaban J connectivity index is 2.44. The van der Waals surface area contributed by atoms with Crippen LogP contribution in [-0.2, 0) is 0 Å². The Morgan fingerprint density at radius 2 is 2.29 bits per heavy atom. The van der Waals surface area contributed by atoms with Gasteiger partial charge in [0.1, 0.15) is 6.17 Å². The first-order valence-electron chi connectivity index (χ1n) is 5.15. The summed E-state index contributed by atoms with van der Waals surface area (Å²) >= 11 is 1.52. The fourth-order valence-corrected chi connectivity index (χ4v) is 2.23. The molecule has 0 aliphatic heterocycles. The van der Waals surface area contributed by atoms with E-state index in [0.717, 1.165) is 10.8 Å². The molecule has 0 aliphatic carbocycles. The Labute approximate surface area is 104 Å². The molecule has 2 aromatic rings. The molecule has 4 N–H and O–H groups in total. The second kappa shape index (κ2) is 4.99. The molecule has 0 aliphatic rings. The first-order valence-corrected chi connectivity index (χ1v) is 6.02. The minimum Gasteiger partial charge on any atom is -0.399 e. The van der Waals surface area contributed by atoms with Crippen molar-refractivity contribution in [3.05, 3.63) is 48.5 Å². The number of rotatable bonds is 4. The molecular weight excluding hydrogens is 232 g/mol. The van der Waals surface area contributed by atoms with Gasteiger partial charge in [0, 0.05) is 23.0 Å². The molecule has 0 amide bonds.